The third-order valence-electron chi connectivity index (χ3n) is 2.32. The highest BCUT2D eigenvalue weighted by atomic mass is 14.2. The van der Waals surface area contributed by atoms with Gasteiger partial charge in [-0.1, -0.05) is 18.1 Å². The molecule has 10 heavy (non-hydrogen) atoms. The van der Waals surface area contributed by atoms with Crippen molar-refractivity contribution in [2.45, 2.75) is 40.0 Å². The highest BCUT2D eigenvalue weighted by molar-refractivity contribution is 5.21. The minimum absolute atomic E-state index is 0.920. The van der Waals surface area contributed by atoms with Crippen LogP contribution in [0.15, 0.2) is 11.1 Å². The minimum Gasteiger partial charge on any atom is -0.0769 e. The van der Waals surface area contributed by atoms with Crippen LogP contribution in [0.5, 0.6) is 0 Å². The molecular formula is C10H17. The van der Waals surface area contributed by atoms with Gasteiger partial charge in [-0.25, -0.2) is 0 Å². The molecule has 0 aromatic heterocycles. The second-order valence-electron chi connectivity index (χ2n) is 3.61. The third kappa shape index (κ3) is 1.86. The van der Waals surface area contributed by atoms with E-state index in [1.54, 1.807) is 5.57 Å². The monoisotopic (exact) mass is 137 g/mol. The first-order valence-electron chi connectivity index (χ1n) is 4.19. The molecule has 0 N–H and O–H groups in total. The summed E-state index contributed by atoms with van der Waals surface area (Å²) in [5.41, 5.74) is 3.10. The van der Waals surface area contributed by atoms with E-state index in [4.69, 9.17) is 0 Å². The van der Waals surface area contributed by atoms with Crippen molar-refractivity contribution < 1.29 is 0 Å². The van der Waals surface area contributed by atoms with Gasteiger partial charge in [0.15, 0.2) is 0 Å². The van der Waals surface area contributed by atoms with Crippen molar-refractivity contribution in [2.24, 2.45) is 5.92 Å². The van der Waals surface area contributed by atoms with Crippen molar-refractivity contribution in [1.29, 1.82) is 0 Å². The molecule has 0 heteroatoms. The molecule has 1 fully saturated rings. The Labute approximate surface area is 64.3 Å². The van der Waals surface area contributed by atoms with E-state index in [0.717, 1.165) is 5.92 Å². The first kappa shape index (κ1) is 7.84. The Kier molecular flexibility index (Phi) is 2.53. The largest absolute Gasteiger partial charge is 0.0769 e. The predicted octanol–water partition coefficient (Wildman–Crippen LogP) is 3.35. The summed E-state index contributed by atoms with van der Waals surface area (Å²) in [4.78, 5) is 0. The van der Waals surface area contributed by atoms with Gasteiger partial charge in [0.2, 0.25) is 0 Å². The zero-order valence-electron chi connectivity index (χ0n) is 7.28. The second kappa shape index (κ2) is 3.23. The van der Waals surface area contributed by atoms with Crippen molar-refractivity contribution in [3.8, 4) is 0 Å². The summed E-state index contributed by atoms with van der Waals surface area (Å²) in [6.45, 7) is 6.75. The summed E-state index contributed by atoms with van der Waals surface area (Å²) in [5.74, 6) is 0.920. The van der Waals surface area contributed by atoms with E-state index in [-0.39, 0.29) is 0 Å². The van der Waals surface area contributed by atoms with Gasteiger partial charge in [-0.2, -0.15) is 0 Å². The summed E-state index contributed by atoms with van der Waals surface area (Å²) in [6.07, 6.45) is 6.39. The average molecular weight is 137 g/mol. The lowest BCUT2D eigenvalue weighted by atomic mass is 9.85. The van der Waals surface area contributed by atoms with E-state index < -0.39 is 0 Å². The van der Waals surface area contributed by atoms with Crippen LogP contribution in [0, 0.1) is 12.3 Å². The molecule has 0 aliphatic heterocycles. The maximum absolute atomic E-state index is 2.41. The van der Waals surface area contributed by atoms with Gasteiger partial charge >= 0.3 is 0 Å². The fraction of sp³-hybridized carbons (Fsp3) is 0.700. The summed E-state index contributed by atoms with van der Waals surface area (Å²) in [7, 11) is 0. The molecular weight excluding hydrogens is 120 g/mol. The van der Waals surface area contributed by atoms with Crippen LogP contribution in [0.2, 0.25) is 0 Å². The molecule has 0 aromatic rings. The van der Waals surface area contributed by atoms with Crippen molar-refractivity contribution in [2.75, 3.05) is 0 Å². The first-order valence-corrected chi connectivity index (χ1v) is 4.19. The molecule has 1 aliphatic rings. The Hall–Kier alpha value is -0.260. The van der Waals surface area contributed by atoms with Gasteiger partial charge in [-0.15, -0.1) is 0 Å². The molecule has 1 aliphatic carbocycles. The van der Waals surface area contributed by atoms with E-state index in [0.29, 0.717) is 0 Å². The van der Waals surface area contributed by atoms with Crippen LogP contribution in [-0.2, 0) is 0 Å². The molecule has 1 atom stereocenters. The van der Waals surface area contributed by atoms with Crippen LogP contribution in [0.4, 0.5) is 0 Å². The number of hydrogen-bond acceptors (Lipinski definition) is 0. The quantitative estimate of drug-likeness (QED) is 0.480. The fourth-order valence-electron chi connectivity index (χ4n) is 1.42. The summed E-state index contributed by atoms with van der Waals surface area (Å²) in [6, 6.07) is 0. The number of allylic oxidation sites excluding steroid dienone is 2. The van der Waals surface area contributed by atoms with E-state index in [2.05, 4.69) is 27.2 Å². The molecule has 0 aromatic carbocycles. The minimum atomic E-state index is 0.920. The zero-order chi connectivity index (χ0) is 7.56. The summed E-state index contributed by atoms with van der Waals surface area (Å²) >= 11 is 0. The van der Waals surface area contributed by atoms with E-state index in [9.17, 15) is 0 Å². The van der Waals surface area contributed by atoms with Gasteiger partial charge < -0.3 is 0 Å². The maximum atomic E-state index is 2.41. The SMILES string of the molecule is CC(C)=C1[CH]CC(C)CC1. The molecule has 1 saturated carbocycles. The number of rotatable bonds is 0. The van der Waals surface area contributed by atoms with Crippen molar-refractivity contribution in [1.82, 2.24) is 0 Å². The van der Waals surface area contributed by atoms with E-state index in [1.807, 2.05) is 0 Å². The molecule has 1 unspecified atom stereocenters. The van der Waals surface area contributed by atoms with Crippen molar-refractivity contribution in [3.63, 3.8) is 0 Å². The van der Waals surface area contributed by atoms with Gasteiger partial charge in [-0.05, 0) is 45.4 Å². The third-order valence-corrected chi connectivity index (χ3v) is 2.32. The van der Waals surface area contributed by atoms with Gasteiger partial charge in [0.25, 0.3) is 0 Å². The molecule has 1 rings (SSSR count). The van der Waals surface area contributed by atoms with E-state index in [1.165, 1.54) is 24.8 Å². The molecule has 0 bridgehead atoms. The Morgan fingerprint density at radius 2 is 2.20 bits per heavy atom. The maximum Gasteiger partial charge on any atom is -0.0132 e. The Balaban J connectivity index is 2.48. The Morgan fingerprint density at radius 3 is 2.60 bits per heavy atom. The second-order valence-corrected chi connectivity index (χ2v) is 3.61. The molecule has 57 valence electrons. The lowest BCUT2D eigenvalue weighted by molar-refractivity contribution is 0.492. The molecule has 0 saturated heterocycles. The number of hydrogen-bond donors (Lipinski definition) is 0. The van der Waals surface area contributed by atoms with Crippen molar-refractivity contribution in [3.05, 3.63) is 17.6 Å². The standard InChI is InChI=1S/C10H17/c1-8(2)10-6-4-9(3)5-7-10/h6,9H,4-5,7H2,1-3H3. The van der Waals surface area contributed by atoms with Crippen molar-refractivity contribution >= 4 is 0 Å². The van der Waals surface area contributed by atoms with Crippen LogP contribution in [0.25, 0.3) is 0 Å². The Bertz CT molecular complexity index is 128. The van der Waals surface area contributed by atoms with Gasteiger partial charge in [0.1, 0.15) is 0 Å². The van der Waals surface area contributed by atoms with E-state index >= 15 is 0 Å². The fourth-order valence-corrected chi connectivity index (χ4v) is 1.42. The lowest BCUT2D eigenvalue weighted by Crippen LogP contribution is -2.05. The molecule has 0 spiro atoms. The first-order chi connectivity index (χ1) is 4.70. The van der Waals surface area contributed by atoms with Crippen LogP contribution in [0.3, 0.4) is 0 Å². The molecule has 0 heterocycles. The summed E-state index contributed by atoms with van der Waals surface area (Å²) in [5, 5.41) is 0. The van der Waals surface area contributed by atoms with Crippen LogP contribution in [0.1, 0.15) is 40.0 Å². The average Bonchev–Trinajstić information content (AvgIpc) is 1.88. The van der Waals surface area contributed by atoms with Crippen LogP contribution < -0.4 is 0 Å². The summed E-state index contributed by atoms with van der Waals surface area (Å²) < 4.78 is 0. The molecule has 1 radical (unpaired) electrons. The molecule has 0 amide bonds. The van der Waals surface area contributed by atoms with Gasteiger partial charge in [0.05, 0.1) is 0 Å². The zero-order valence-corrected chi connectivity index (χ0v) is 7.28. The van der Waals surface area contributed by atoms with Crippen LogP contribution in [-0.4, -0.2) is 0 Å². The molecule has 0 nitrogen and oxygen atoms in total. The normalized spacial score (nSPS) is 26.7. The Morgan fingerprint density at radius 1 is 1.50 bits per heavy atom. The highest BCUT2D eigenvalue weighted by Gasteiger charge is 2.12. The highest BCUT2D eigenvalue weighted by Crippen LogP contribution is 2.28. The van der Waals surface area contributed by atoms with Crippen LogP contribution >= 0.6 is 0 Å². The predicted molar refractivity (Wildman–Crippen MR) is 45.7 cm³/mol. The van der Waals surface area contributed by atoms with Gasteiger partial charge in [-0.3, -0.25) is 0 Å². The lowest BCUT2D eigenvalue weighted by Gasteiger charge is -2.20. The topological polar surface area (TPSA) is 0 Å². The van der Waals surface area contributed by atoms with Gasteiger partial charge in [0, 0.05) is 0 Å². The smallest absolute Gasteiger partial charge is 0.0132 e.